The van der Waals surface area contributed by atoms with Gasteiger partial charge in [0.15, 0.2) is 12.6 Å². The Morgan fingerprint density at radius 2 is 2.00 bits per heavy atom. The predicted octanol–water partition coefficient (Wildman–Crippen LogP) is 4.34. The third-order valence-corrected chi connectivity index (χ3v) is 6.60. The highest BCUT2D eigenvalue weighted by molar-refractivity contribution is 6.36. The highest BCUT2D eigenvalue weighted by atomic mass is 35.5. The fraction of sp³-hybridized carbons (Fsp3) is 0.280. The van der Waals surface area contributed by atoms with Gasteiger partial charge in [-0.25, -0.2) is 9.37 Å². The highest BCUT2D eigenvalue weighted by Gasteiger charge is 2.20. The Labute approximate surface area is 211 Å². The van der Waals surface area contributed by atoms with E-state index < -0.39 is 5.82 Å². The molecule has 1 aliphatic rings. The fourth-order valence-corrected chi connectivity index (χ4v) is 4.44. The van der Waals surface area contributed by atoms with Gasteiger partial charge in [0.05, 0.1) is 11.2 Å². The first-order chi connectivity index (χ1) is 17.4. The number of likely N-dealkylation sites (N-methyl/N-ethyl adjacent to an activating group) is 1. The molecule has 9 nitrogen and oxygen atoms in total. The number of amides is 1. The van der Waals surface area contributed by atoms with Crippen molar-refractivity contribution in [2.75, 3.05) is 32.8 Å². The van der Waals surface area contributed by atoms with Gasteiger partial charge in [0, 0.05) is 73.4 Å². The number of anilines is 2. The molecule has 0 bridgehead atoms. The predicted molar refractivity (Wildman–Crippen MR) is 134 cm³/mol. The lowest BCUT2D eigenvalue weighted by molar-refractivity contribution is -0.130. The Balaban J connectivity index is 1.49. The molecule has 186 valence electrons. The number of methoxy groups -OCH3 is 1. The zero-order valence-electron chi connectivity index (χ0n) is 20.0. The number of carbonyl (C=O) groups excluding carboxylic acids is 1. The lowest BCUT2D eigenvalue weighted by atomic mass is 9.99. The second-order valence-corrected chi connectivity index (χ2v) is 8.95. The number of aromatic nitrogens is 4. The lowest BCUT2D eigenvalue weighted by Gasteiger charge is -2.14. The largest absolute Gasteiger partial charge is 0.466 e. The molecule has 1 aliphatic heterocycles. The molecule has 1 aromatic carbocycles. The third-order valence-electron chi connectivity index (χ3n) is 6.23. The molecule has 36 heavy (non-hydrogen) atoms. The van der Waals surface area contributed by atoms with Crippen LogP contribution in [0.25, 0.3) is 21.9 Å². The number of carbonyl (C=O) groups is 1. The van der Waals surface area contributed by atoms with Gasteiger partial charge in [-0.3, -0.25) is 14.5 Å². The average molecular weight is 511 g/mol. The maximum atomic E-state index is 15.3. The quantitative estimate of drug-likeness (QED) is 0.386. The molecule has 0 spiro atoms. The van der Waals surface area contributed by atoms with E-state index in [0.29, 0.717) is 57.8 Å². The average Bonchev–Trinajstić information content (AvgIpc) is 3.18. The molecule has 0 saturated heterocycles. The first kappa shape index (κ1) is 24.0. The molecule has 4 heterocycles. The summed E-state index contributed by atoms with van der Waals surface area (Å²) in [4.78, 5) is 22.5. The van der Waals surface area contributed by atoms with Gasteiger partial charge >= 0.3 is 0 Å². The Morgan fingerprint density at radius 3 is 2.81 bits per heavy atom. The summed E-state index contributed by atoms with van der Waals surface area (Å²) in [6.45, 7) is 2.70. The zero-order valence-corrected chi connectivity index (χ0v) is 20.8. The molecule has 4 aromatic rings. The SMILES string of the molecule is COCOc1cncc(-c2cc3cc(Nc4cc5n(n4)CC(=O)N(C)CC5)ncc3c(Cl)c2F)c1C. The summed E-state index contributed by atoms with van der Waals surface area (Å²) in [7, 11) is 3.31. The number of nitrogens with zero attached hydrogens (tertiary/aromatic N) is 5. The van der Waals surface area contributed by atoms with Gasteiger partial charge in [0.2, 0.25) is 5.91 Å². The number of fused-ring (bicyclic) bond motifs is 2. The second kappa shape index (κ2) is 9.71. The van der Waals surface area contributed by atoms with Crippen molar-refractivity contribution in [3.8, 4) is 16.9 Å². The smallest absolute Gasteiger partial charge is 0.244 e. The number of hydrogen-bond donors (Lipinski definition) is 1. The van der Waals surface area contributed by atoms with E-state index in [4.69, 9.17) is 21.1 Å². The summed E-state index contributed by atoms with van der Waals surface area (Å²) < 4.78 is 27.6. The first-order valence-corrected chi connectivity index (χ1v) is 11.7. The van der Waals surface area contributed by atoms with Crippen LogP contribution in [0.15, 0.2) is 36.8 Å². The molecule has 0 saturated carbocycles. The number of hydrogen-bond acceptors (Lipinski definition) is 7. The summed E-state index contributed by atoms with van der Waals surface area (Å²) >= 11 is 6.42. The van der Waals surface area contributed by atoms with E-state index in [1.165, 1.54) is 13.3 Å². The maximum Gasteiger partial charge on any atom is 0.244 e. The summed E-state index contributed by atoms with van der Waals surface area (Å²) in [5.74, 6) is 1.03. The minimum Gasteiger partial charge on any atom is -0.466 e. The van der Waals surface area contributed by atoms with Gasteiger partial charge < -0.3 is 19.7 Å². The minimum atomic E-state index is -0.562. The Hall–Kier alpha value is -3.76. The van der Waals surface area contributed by atoms with Crippen molar-refractivity contribution in [2.45, 2.75) is 19.9 Å². The van der Waals surface area contributed by atoms with Gasteiger partial charge in [-0.15, -0.1) is 0 Å². The minimum absolute atomic E-state index is 0.0119. The van der Waals surface area contributed by atoms with Crippen molar-refractivity contribution in [1.82, 2.24) is 24.6 Å². The van der Waals surface area contributed by atoms with E-state index in [0.717, 1.165) is 5.69 Å². The molecule has 0 radical (unpaired) electrons. The molecule has 5 rings (SSSR count). The van der Waals surface area contributed by atoms with Gasteiger partial charge in [-0.05, 0) is 24.4 Å². The van der Waals surface area contributed by atoms with Crippen LogP contribution < -0.4 is 10.1 Å². The Kier molecular flexibility index (Phi) is 6.46. The molecule has 3 aromatic heterocycles. The molecule has 0 aliphatic carbocycles. The summed E-state index contributed by atoms with van der Waals surface area (Å²) in [6.07, 6.45) is 5.37. The molecule has 1 amide bonds. The zero-order chi connectivity index (χ0) is 25.4. The summed E-state index contributed by atoms with van der Waals surface area (Å²) in [5.41, 5.74) is 2.53. The van der Waals surface area contributed by atoms with Crippen LogP contribution in [0.2, 0.25) is 5.02 Å². The van der Waals surface area contributed by atoms with Gasteiger partial charge in [-0.2, -0.15) is 5.10 Å². The number of benzene rings is 1. The van der Waals surface area contributed by atoms with Crippen LogP contribution in [0, 0.1) is 12.7 Å². The lowest BCUT2D eigenvalue weighted by Crippen LogP contribution is -2.29. The summed E-state index contributed by atoms with van der Waals surface area (Å²) in [5, 5.41) is 8.84. The van der Waals surface area contributed by atoms with E-state index in [9.17, 15) is 4.79 Å². The van der Waals surface area contributed by atoms with Gasteiger partial charge in [0.25, 0.3) is 0 Å². The molecule has 0 atom stereocenters. The molecule has 0 unspecified atom stereocenters. The van der Waals surface area contributed by atoms with Gasteiger partial charge in [0.1, 0.15) is 23.9 Å². The molecule has 0 fully saturated rings. The van der Waals surface area contributed by atoms with Crippen molar-refractivity contribution in [1.29, 1.82) is 0 Å². The van der Waals surface area contributed by atoms with E-state index in [1.54, 1.807) is 41.2 Å². The molecular formula is C25H24ClFN6O3. The van der Waals surface area contributed by atoms with Gasteiger partial charge in [-0.1, -0.05) is 11.6 Å². The van der Waals surface area contributed by atoms with Crippen LogP contribution in [0.5, 0.6) is 5.75 Å². The molecular weight excluding hydrogens is 487 g/mol. The van der Waals surface area contributed by atoms with Crippen LogP contribution in [0.1, 0.15) is 11.3 Å². The van der Waals surface area contributed by atoms with Crippen LogP contribution in [0.3, 0.4) is 0 Å². The fourth-order valence-electron chi connectivity index (χ4n) is 4.18. The van der Waals surface area contributed by atoms with E-state index in [1.807, 2.05) is 13.0 Å². The Morgan fingerprint density at radius 1 is 1.17 bits per heavy atom. The standard InChI is InChI=1S/C25H24ClFN6O3/c1-14-18(9-28-11-20(14)36-13-35-3)17-6-15-7-21(29-10-19(15)24(26)25(17)27)30-22-8-16-4-5-32(2)23(34)12-33(16)31-22/h6-11H,4-5,12-13H2,1-3H3,(H,29,30,31). The number of rotatable bonds is 6. The number of nitrogens with one attached hydrogen (secondary N) is 1. The van der Waals surface area contributed by atoms with Crippen molar-refractivity contribution >= 4 is 39.9 Å². The second-order valence-electron chi connectivity index (χ2n) is 8.57. The van der Waals surface area contributed by atoms with Crippen LogP contribution in [-0.2, 0) is 22.5 Å². The van der Waals surface area contributed by atoms with Crippen LogP contribution in [0.4, 0.5) is 16.0 Å². The maximum absolute atomic E-state index is 15.3. The van der Waals surface area contributed by atoms with Crippen LogP contribution >= 0.6 is 11.6 Å². The topological polar surface area (TPSA) is 94.4 Å². The Bertz CT molecular complexity index is 1470. The normalized spacial score (nSPS) is 13.6. The van der Waals surface area contributed by atoms with Crippen molar-refractivity contribution in [2.24, 2.45) is 0 Å². The van der Waals surface area contributed by atoms with Crippen molar-refractivity contribution < 1.29 is 18.7 Å². The van der Waals surface area contributed by atoms with Crippen molar-refractivity contribution in [3.05, 3.63) is 58.9 Å². The number of ether oxygens (including phenoxy) is 2. The van der Waals surface area contributed by atoms with Crippen molar-refractivity contribution in [3.63, 3.8) is 0 Å². The third kappa shape index (κ3) is 4.45. The van der Waals surface area contributed by atoms with Crippen LogP contribution in [-0.4, -0.2) is 58.1 Å². The van der Waals surface area contributed by atoms with E-state index in [2.05, 4.69) is 20.4 Å². The molecule has 11 heteroatoms. The number of halogens is 2. The first-order valence-electron chi connectivity index (χ1n) is 11.3. The molecule has 1 N–H and O–H groups in total. The highest BCUT2D eigenvalue weighted by Crippen LogP contribution is 2.38. The number of pyridine rings is 2. The van der Waals surface area contributed by atoms with E-state index in [-0.39, 0.29) is 24.3 Å². The van der Waals surface area contributed by atoms with E-state index >= 15 is 4.39 Å². The summed E-state index contributed by atoms with van der Waals surface area (Å²) in [6, 6.07) is 5.40. The monoisotopic (exact) mass is 510 g/mol.